The van der Waals surface area contributed by atoms with E-state index in [4.69, 9.17) is 10.5 Å². The minimum Gasteiger partial charge on any atom is -0.486 e. The molecular weight excluding hydrogens is 208 g/mol. The van der Waals surface area contributed by atoms with E-state index >= 15 is 0 Å². The monoisotopic (exact) mass is 224 g/mol. The van der Waals surface area contributed by atoms with Gasteiger partial charge in [0.2, 0.25) is 0 Å². The van der Waals surface area contributed by atoms with E-state index in [0.29, 0.717) is 18.9 Å². The van der Waals surface area contributed by atoms with Gasteiger partial charge < -0.3 is 10.5 Å². The van der Waals surface area contributed by atoms with Gasteiger partial charge in [-0.2, -0.15) is 0 Å². The lowest BCUT2D eigenvalue weighted by atomic mass is 10.2. The molecule has 0 aromatic heterocycles. The number of hydrogen-bond acceptors (Lipinski definition) is 4. The molecule has 5 nitrogen and oxygen atoms in total. The Kier molecular flexibility index (Phi) is 4.25. The van der Waals surface area contributed by atoms with Gasteiger partial charge in [-0.15, -0.1) is 0 Å². The van der Waals surface area contributed by atoms with Gasteiger partial charge in [-0.1, -0.05) is 13.0 Å². The molecule has 0 heterocycles. The summed E-state index contributed by atoms with van der Waals surface area (Å²) in [7, 11) is 0. The van der Waals surface area contributed by atoms with Crippen molar-refractivity contribution in [2.24, 2.45) is 11.7 Å². The first-order valence-corrected chi connectivity index (χ1v) is 5.12. The van der Waals surface area contributed by atoms with E-state index in [2.05, 4.69) is 0 Å². The molecule has 0 bridgehead atoms. The SMILES string of the molecule is Cc1ccc(OCC(C)CN)c([N+](=O)[O-])c1. The van der Waals surface area contributed by atoms with Crippen molar-refractivity contribution in [1.82, 2.24) is 0 Å². The van der Waals surface area contributed by atoms with E-state index in [1.807, 2.05) is 6.92 Å². The van der Waals surface area contributed by atoms with Crippen molar-refractivity contribution in [3.05, 3.63) is 33.9 Å². The lowest BCUT2D eigenvalue weighted by Crippen LogP contribution is -2.18. The molecule has 0 aliphatic rings. The summed E-state index contributed by atoms with van der Waals surface area (Å²) in [5.41, 5.74) is 6.29. The molecule has 1 rings (SSSR count). The summed E-state index contributed by atoms with van der Waals surface area (Å²) in [6.07, 6.45) is 0. The number of nitrogens with two attached hydrogens (primary N) is 1. The molecule has 1 unspecified atom stereocenters. The molecule has 1 atom stereocenters. The zero-order valence-electron chi connectivity index (χ0n) is 9.47. The van der Waals surface area contributed by atoms with Gasteiger partial charge in [-0.25, -0.2) is 0 Å². The number of benzene rings is 1. The van der Waals surface area contributed by atoms with Crippen LogP contribution in [0.3, 0.4) is 0 Å². The van der Waals surface area contributed by atoms with Gasteiger partial charge in [0.1, 0.15) is 0 Å². The fourth-order valence-corrected chi connectivity index (χ4v) is 1.19. The summed E-state index contributed by atoms with van der Waals surface area (Å²) in [6.45, 7) is 4.62. The van der Waals surface area contributed by atoms with Crippen LogP contribution in [0.25, 0.3) is 0 Å². The Morgan fingerprint density at radius 2 is 2.25 bits per heavy atom. The second-order valence-corrected chi connectivity index (χ2v) is 3.88. The largest absolute Gasteiger partial charge is 0.486 e. The molecule has 0 aliphatic carbocycles. The molecule has 1 aromatic carbocycles. The summed E-state index contributed by atoms with van der Waals surface area (Å²) in [5.74, 6) is 0.483. The third kappa shape index (κ3) is 3.20. The Balaban J connectivity index is 2.82. The predicted molar refractivity (Wildman–Crippen MR) is 61.5 cm³/mol. The van der Waals surface area contributed by atoms with Gasteiger partial charge in [-0.05, 0) is 25.1 Å². The third-order valence-electron chi connectivity index (χ3n) is 2.24. The predicted octanol–water partition coefficient (Wildman–Crippen LogP) is 1.88. The van der Waals surface area contributed by atoms with Crippen molar-refractivity contribution in [1.29, 1.82) is 0 Å². The van der Waals surface area contributed by atoms with E-state index in [9.17, 15) is 10.1 Å². The molecular formula is C11H16N2O3. The maximum atomic E-state index is 10.8. The molecule has 5 heteroatoms. The lowest BCUT2D eigenvalue weighted by molar-refractivity contribution is -0.385. The van der Waals surface area contributed by atoms with Crippen LogP contribution in [-0.4, -0.2) is 18.1 Å². The lowest BCUT2D eigenvalue weighted by Gasteiger charge is -2.11. The molecule has 16 heavy (non-hydrogen) atoms. The molecule has 0 amide bonds. The van der Waals surface area contributed by atoms with Crippen molar-refractivity contribution < 1.29 is 9.66 Å². The number of aryl methyl sites for hydroxylation is 1. The summed E-state index contributed by atoms with van der Waals surface area (Å²) >= 11 is 0. The van der Waals surface area contributed by atoms with Crippen LogP contribution in [0.1, 0.15) is 12.5 Å². The van der Waals surface area contributed by atoms with E-state index in [0.717, 1.165) is 5.56 Å². The molecule has 0 radical (unpaired) electrons. The van der Waals surface area contributed by atoms with Crippen LogP contribution in [0, 0.1) is 23.0 Å². The van der Waals surface area contributed by atoms with E-state index in [-0.39, 0.29) is 11.6 Å². The average Bonchev–Trinajstić information content (AvgIpc) is 2.26. The van der Waals surface area contributed by atoms with Crippen LogP contribution in [0.4, 0.5) is 5.69 Å². The topological polar surface area (TPSA) is 78.4 Å². The molecule has 0 aliphatic heterocycles. The minimum atomic E-state index is -0.435. The van der Waals surface area contributed by atoms with Gasteiger partial charge in [0.15, 0.2) is 5.75 Å². The standard InChI is InChI=1S/C11H16N2O3/c1-8-3-4-11(10(5-8)13(14)15)16-7-9(2)6-12/h3-5,9H,6-7,12H2,1-2H3. The van der Waals surface area contributed by atoms with Gasteiger partial charge in [0.25, 0.3) is 0 Å². The average molecular weight is 224 g/mol. The Hall–Kier alpha value is -1.62. The van der Waals surface area contributed by atoms with Gasteiger partial charge in [-0.3, -0.25) is 10.1 Å². The highest BCUT2D eigenvalue weighted by molar-refractivity contribution is 5.48. The fourth-order valence-electron chi connectivity index (χ4n) is 1.19. The first-order chi connectivity index (χ1) is 7.54. The van der Waals surface area contributed by atoms with Crippen molar-refractivity contribution in [2.75, 3.05) is 13.2 Å². The highest BCUT2D eigenvalue weighted by Crippen LogP contribution is 2.27. The number of nitro groups is 1. The van der Waals surface area contributed by atoms with Crippen LogP contribution < -0.4 is 10.5 Å². The quantitative estimate of drug-likeness (QED) is 0.611. The molecule has 0 saturated carbocycles. The Labute approximate surface area is 94.4 Å². The van der Waals surface area contributed by atoms with E-state index in [1.165, 1.54) is 6.07 Å². The first-order valence-electron chi connectivity index (χ1n) is 5.12. The Bertz CT molecular complexity index is 379. The second kappa shape index (κ2) is 5.46. The highest BCUT2D eigenvalue weighted by atomic mass is 16.6. The fraction of sp³-hybridized carbons (Fsp3) is 0.455. The molecule has 2 N–H and O–H groups in total. The van der Waals surface area contributed by atoms with Crippen molar-refractivity contribution in [3.8, 4) is 5.75 Å². The van der Waals surface area contributed by atoms with Gasteiger partial charge in [0, 0.05) is 12.0 Å². The summed E-state index contributed by atoms with van der Waals surface area (Å²) < 4.78 is 5.38. The molecule has 1 aromatic rings. The van der Waals surface area contributed by atoms with Gasteiger partial charge >= 0.3 is 5.69 Å². The maximum absolute atomic E-state index is 10.8. The van der Waals surface area contributed by atoms with Crippen LogP contribution in [0.15, 0.2) is 18.2 Å². The Morgan fingerprint density at radius 1 is 1.56 bits per heavy atom. The number of nitro benzene ring substituents is 1. The molecule has 88 valence electrons. The smallest absolute Gasteiger partial charge is 0.311 e. The third-order valence-corrected chi connectivity index (χ3v) is 2.24. The highest BCUT2D eigenvalue weighted by Gasteiger charge is 2.15. The van der Waals surface area contributed by atoms with Crippen molar-refractivity contribution in [3.63, 3.8) is 0 Å². The zero-order valence-corrected chi connectivity index (χ0v) is 9.47. The summed E-state index contributed by atoms with van der Waals surface area (Å²) in [6, 6.07) is 4.91. The number of nitrogens with zero attached hydrogens (tertiary/aromatic N) is 1. The molecule has 0 fully saturated rings. The number of ether oxygens (including phenoxy) is 1. The Morgan fingerprint density at radius 3 is 2.81 bits per heavy atom. The van der Waals surface area contributed by atoms with E-state index < -0.39 is 4.92 Å². The summed E-state index contributed by atoms with van der Waals surface area (Å²) in [4.78, 5) is 10.4. The molecule has 0 saturated heterocycles. The van der Waals surface area contributed by atoms with Crippen LogP contribution in [0.2, 0.25) is 0 Å². The number of hydrogen-bond donors (Lipinski definition) is 1. The van der Waals surface area contributed by atoms with E-state index in [1.54, 1.807) is 19.1 Å². The van der Waals surface area contributed by atoms with Crippen LogP contribution in [-0.2, 0) is 0 Å². The zero-order chi connectivity index (χ0) is 12.1. The normalized spacial score (nSPS) is 12.2. The van der Waals surface area contributed by atoms with Crippen molar-refractivity contribution in [2.45, 2.75) is 13.8 Å². The first kappa shape index (κ1) is 12.4. The minimum absolute atomic E-state index is 0.00391. The van der Waals surface area contributed by atoms with Gasteiger partial charge in [0.05, 0.1) is 11.5 Å². The molecule has 0 spiro atoms. The summed E-state index contributed by atoms with van der Waals surface area (Å²) in [5, 5.41) is 10.8. The van der Waals surface area contributed by atoms with Crippen LogP contribution in [0.5, 0.6) is 5.75 Å². The van der Waals surface area contributed by atoms with Crippen molar-refractivity contribution >= 4 is 5.69 Å². The maximum Gasteiger partial charge on any atom is 0.311 e. The number of rotatable bonds is 5. The van der Waals surface area contributed by atoms with Crippen LogP contribution >= 0.6 is 0 Å². The second-order valence-electron chi connectivity index (χ2n) is 3.88.